The molecule has 0 spiro atoms. The molecular weight excluding hydrogens is 140 g/mol. The lowest BCUT2D eigenvalue weighted by Crippen LogP contribution is -2.19. The van der Waals surface area contributed by atoms with Crippen molar-refractivity contribution in [3.8, 4) is 0 Å². The largest absolute Gasteiger partial charge is 0.236 e. The molecule has 11 heavy (non-hydrogen) atoms. The molecular formula is C9H20O2. The van der Waals surface area contributed by atoms with Gasteiger partial charge in [-0.1, -0.05) is 13.8 Å². The minimum atomic E-state index is -0.184. The van der Waals surface area contributed by atoms with Crippen LogP contribution >= 0.6 is 0 Å². The van der Waals surface area contributed by atoms with Crippen LogP contribution in [0.2, 0.25) is 0 Å². The van der Waals surface area contributed by atoms with E-state index in [-0.39, 0.29) is 5.60 Å². The van der Waals surface area contributed by atoms with E-state index in [9.17, 15) is 0 Å². The van der Waals surface area contributed by atoms with Gasteiger partial charge in [0, 0.05) is 0 Å². The van der Waals surface area contributed by atoms with E-state index < -0.39 is 0 Å². The lowest BCUT2D eigenvalue weighted by atomic mass is 10.1. The molecule has 0 rings (SSSR count). The SMILES string of the molecule is CC(C)CCOOC(C)(C)C. The van der Waals surface area contributed by atoms with Crippen LogP contribution in [0.15, 0.2) is 0 Å². The van der Waals surface area contributed by atoms with Gasteiger partial charge in [0.1, 0.15) is 0 Å². The van der Waals surface area contributed by atoms with Crippen molar-refractivity contribution >= 4 is 0 Å². The molecule has 0 aromatic heterocycles. The Labute approximate surface area is 69.8 Å². The van der Waals surface area contributed by atoms with Crippen molar-refractivity contribution < 1.29 is 9.78 Å². The molecule has 0 aliphatic carbocycles. The highest BCUT2D eigenvalue weighted by molar-refractivity contribution is 4.54. The van der Waals surface area contributed by atoms with Gasteiger partial charge in [0.05, 0.1) is 12.2 Å². The maximum absolute atomic E-state index is 5.08. The van der Waals surface area contributed by atoms with Crippen LogP contribution in [-0.2, 0) is 9.78 Å². The standard InChI is InChI=1S/C9H20O2/c1-8(2)6-7-10-11-9(3,4)5/h8H,6-7H2,1-5H3. The summed E-state index contributed by atoms with van der Waals surface area (Å²) in [6.45, 7) is 10.9. The Morgan fingerprint density at radius 1 is 1.18 bits per heavy atom. The fourth-order valence-corrected chi connectivity index (χ4v) is 0.502. The van der Waals surface area contributed by atoms with Crippen LogP contribution in [0.1, 0.15) is 41.0 Å². The second kappa shape index (κ2) is 4.73. The van der Waals surface area contributed by atoms with E-state index in [1.165, 1.54) is 0 Å². The van der Waals surface area contributed by atoms with Gasteiger partial charge in [-0.05, 0) is 33.1 Å². The zero-order chi connectivity index (χ0) is 8.91. The third-order valence-electron chi connectivity index (χ3n) is 1.09. The molecule has 0 aromatic rings. The molecule has 2 heteroatoms. The minimum absolute atomic E-state index is 0.184. The van der Waals surface area contributed by atoms with Crippen molar-refractivity contribution in [2.75, 3.05) is 6.61 Å². The van der Waals surface area contributed by atoms with E-state index in [1.807, 2.05) is 20.8 Å². The highest BCUT2D eigenvalue weighted by Gasteiger charge is 2.10. The maximum atomic E-state index is 5.08. The fraction of sp³-hybridized carbons (Fsp3) is 1.00. The number of rotatable bonds is 4. The molecule has 0 fully saturated rings. The van der Waals surface area contributed by atoms with Crippen LogP contribution in [0.25, 0.3) is 0 Å². The van der Waals surface area contributed by atoms with Gasteiger partial charge in [-0.25, -0.2) is 9.78 Å². The van der Waals surface area contributed by atoms with Gasteiger partial charge in [0.2, 0.25) is 0 Å². The topological polar surface area (TPSA) is 18.5 Å². The van der Waals surface area contributed by atoms with Gasteiger partial charge in [0.15, 0.2) is 0 Å². The van der Waals surface area contributed by atoms with E-state index in [2.05, 4.69) is 13.8 Å². The molecule has 0 aromatic carbocycles. The zero-order valence-corrected chi connectivity index (χ0v) is 8.31. The first kappa shape index (κ1) is 10.9. The number of hydrogen-bond acceptors (Lipinski definition) is 2. The van der Waals surface area contributed by atoms with Crippen LogP contribution in [-0.4, -0.2) is 12.2 Å². The van der Waals surface area contributed by atoms with Gasteiger partial charge in [0.25, 0.3) is 0 Å². The van der Waals surface area contributed by atoms with E-state index in [0.717, 1.165) is 6.42 Å². The Morgan fingerprint density at radius 2 is 1.73 bits per heavy atom. The first-order valence-corrected chi connectivity index (χ1v) is 4.22. The first-order valence-electron chi connectivity index (χ1n) is 4.22. The molecule has 2 nitrogen and oxygen atoms in total. The summed E-state index contributed by atoms with van der Waals surface area (Å²) in [5.41, 5.74) is -0.184. The highest BCUT2D eigenvalue weighted by atomic mass is 17.2. The summed E-state index contributed by atoms with van der Waals surface area (Å²) in [4.78, 5) is 10.1. The van der Waals surface area contributed by atoms with Gasteiger partial charge in [-0.2, -0.15) is 0 Å². The molecule has 0 aliphatic rings. The Balaban J connectivity index is 3.15. The summed E-state index contributed by atoms with van der Waals surface area (Å²) >= 11 is 0. The van der Waals surface area contributed by atoms with Crippen molar-refractivity contribution in [2.45, 2.75) is 46.6 Å². The molecule has 0 heterocycles. The van der Waals surface area contributed by atoms with Crippen LogP contribution < -0.4 is 0 Å². The van der Waals surface area contributed by atoms with E-state index >= 15 is 0 Å². The second-order valence-corrected chi connectivity index (χ2v) is 4.20. The van der Waals surface area contributed by atoms with Crippen molar-refractivity contribution in [1.29, 1.82) is 0 Å². The van der Waals surface area contributed by atoms with Crippen molar-refractivity contribution in [1.82, 2.24) is 0 Å². The minimum Gasteiger partial charge on any atom is -0.236 e. The third kappa shape index (κ3) is 9.92. The monoisotopic (exact) mass is 160 g/mol. The van der Waals surface area contributed by atoms with Gasteiger partial charge < -0.3 is 0 Å². The van der Waals surface area contributed by atoms with E-state index in [0.29, 0.717) is 12.5 Å². The first-order chi connectivity index (χ1) is 4.92. The summed E-state index contributed by atoms with van der Waals surface area (Å²) in [6, 6.07) is 0. The van der Waals surface area contributed by atoms with Crippen LogP contribution in [0.4, 0.5) is 0 Å². The van der Waals surface area contributed by atoms with Crippen molar-refractivity contribution in [3.05, 3.63) is 0 Å². The summed E-state index contributed by atoms with van der Waals surface area (Å²) in [7, 11) is 0. The molecule has 0 unspecified atom stereocenters. The molecule has 0 aliphatic heterocycles. The maximum Gasteiger partial charge on any atom is 0.0952 e. The summed E-state index contributed by atoms with van der Waals surface area (Å²) < 4.78 is 0. The lowest BCUT2D eigenvalue weighted by Gasteiger charge is -2.17. The Morgan fingerprint density at radius 3 is 2.09 bits per heavy atom. The highest BCUT2D eigenvalue weighted by Crippen LogP contribution is 2.08. The van der Waals surface area contributed by atoms with E-state index in [1.54, 1.807) is 0 Å². The Hall–Kier alpha value is -0.0800. The average Bonchev–Trinajstić information content (AvgIpc) is 1.78. The summed E-state index contributed by atoms with van der Waals surface area (Å²) in [6.07, 6.45) is 1.05. The summed E-state index contributed by atoms with van der Waals surface area (Å²) in [5, 5.41) is 0. The van der Waals surface area contributed by atoms with Crippen molar-refractivity contribution in [3.63, 3.8) is 0 Å². The van der Waals surface area contributed by atoms with E-state index in [4.69, 9.17) is 9.78 Å². The normalized spacial score (nSPS) is 12.5. The van der Waals surface area contributed by atoms with Gasteiger partial charge in [-0.15, -0.1) is 0 Å². The molecule has 0 amide bonds. The van der Waals surface area contributed by atoms with Crippen molar-refractivity contribution in [2.24, 2.45) is 5.92 Å². The zero-order valence-electron chi connectivity index (χ0n) is 8.31. The average molecular weight is 160 g/mol. The molecule has 0 radical (unpaired) electrons. The molecule has 0 atom stereocenters. The second-order valence-electron chi connectivity index (χ2n) is 4.20. The predicted octanol–water partition coefficient (Wildman–Crippen LogP) is 2.78. The molecule has 0 N–H and O–H groups in total. The lowest BCUT2D eigenvalue weighted by molar-refractivity contribution is -0.349. The fourth-order valence-electron chi connectivity index (χ4n) is 0.502. The van der Waals surface area contributed by atoms with Gasteiger partial charge in [-0.3, -0.25) is 0 Å². The molecule has 68 valence electrons. The Kier molecular flexibility index (Phi) is 4.69. The molecule has 0 bridgehead atoms. The smallest absolute Gasteiger partial charge is 0.0952 e. The summed E-state index contributed by atoms with van der Waals surface area (Å²) in [5.74, 6) is 0.679. The molecule has 0 saturated carbocycles. The predicted molar refractivity (Wildman–Crippen MR) is 46.2 cm³/mol. The van der Waals surface area contributed by atoms with Crippen LogP contribution in [0.5, 0.6) is 0 Å². The Bertz CT molecular complexity index is 92.2. The number of hydrogen-bond donors (Lipinski definition) is 0. The quantitative estimate of drug-likeness (QED) is 0.357. The molecule has 0 saturated heterocycles. The third-order valence-corrected chi connectivity index (χ3v) is 1.09. The van der Waals surface area contributed by atoms with Gasteiger partial charge >= 0.3 is 0 Å². The van der Waals surface area contributed by atoms with Crippen LogP contribution in [0.3, 0.4) is 0 Å². The van der Waals surface area contributed by atoms with Crippen LogP contribution in [0, 0.1) is 5.92 Å².